The summed E-state index contributed by atoms with van der Waals surface area (Å²) in [5.74, 6) is -0.984. The molecule has 0 spiro atoms. The lowest BCUT2D eigenvalue weighted by Gasteiger charge is -2.11. The van der Waals surface area contributed by atoms with Crippen LogP contribution in [0.4, 0.5) is 17.6 Å². The summed E-state index contributed by atoms with van der Waals surface area (Å²) in [5, 5.41) is 0. The smallest absolute Gasteiger partial charge is 0.419 e. The molecule has 0 aliphatic carbocycles. The normalized spacial score (nSPS) is 12.2. The van der Waals surface area contributed by atoms with E-state index in [1.807, 2.05) is 0 Å². The largest absolute Gasteiger partial charge is 0.497 e. The Balaban J connectivity index is 2.13. The first-order valence-electron chi connectivity index (χ1n) is 6.63. The molecule has 2 aromatic carbocycles. The van der Waals surface area contributed by atoms with Crippen molar-refractivity contribution in [3.05, 3.63) is 59.4 Å². The van der Waals surface area contributed by atoms with Gasteiger partial charge in [0.15, 0.2) is 0 Å². The Morgan fingerprint density at radius 2 is 1.71 bits per heavy atom. The van der Waals surface area contributed by atoms with Gasteiger partial charge in [0.1, 0.15) is 11.6 Å². The van der Waals surface area contributed by atoms with Crippen molar-refractivity contribution in [2.45, 2.75) is 17.6 Å². The highest BCUT2D eigenvalue weighted by Gasteiger charge is 2.33. The molecule has 0 radical (unpaired) electrons. The molecule has 24 heavy (non-hydrogen) atoms. The van der Waals surface area contributed by atoms with Crippen LogP contribution < -0.4 is 9.46 Å². The summed E-state index contributed by atoms with van der Waals surface area (Å²) < 4.78 is 82.2. The zero-order valence-corrected chi connectivity index (χ0v) is 13.2. The van der Waals surface area contributed by atoms with E-state index in [9.17, 15) is 26.0 Å². The van der Waals surface area contributed by atoms with Crippen LogP contribution in [-0.2, 0) is 22.7 Å². The quantitative estimate of drug-likeness (QED) is 0.829. The molecule has 0 aliphatic heterocycles. The molecule has 4 nitrogen and oxygen atoms in total. The van der Waals surface area contributed by atoms with Crippen LogP contribution in [0.25, 0.3) is 0 Å². The third-order valence-corrected chi connectivity index (χ3v) is 4.59. The molecular weight excluding hydrogens is 350 g/mol. The van der Waals surface area contributed by atoms with E-state index < -0.39 is 27.6 Å². The molecule has 0 heterocycles. The minimum absolute atomic E-state index is 0.0457. The number of hydrogen-bond donors (Lipinski definition) is 1. The van der Waals surface area contributed by atoms with Crippen LogP contribution >= 0.6 is 0 Å². The Morgan fingerprint density at radius 3 is 2.21 bits per heavy atom. The molecule has 0 saturated heterocycles. The monoisotopic (exact) mass is 363 g/mol. The second-order valence-electron chi connectivity index (χ2n) is 4.81. The van der Waals surface area contributed by atoms with Crippen molar-refractivity contribution in [3.63, 3.8) is 0 Å². The van der Waals surface area contributed by atoms with Crippen molar-refractivity contribution in [2.24, 2.45) is 0 Å². The lowest BCUT2D eigenvalue weighted by molar-refractivity contribution is -0.140. The predicted octanol–water partition coefficient (Wildman–Crippen LogP) is 3.33. The lowest BCUT2D eigenvalue weighted by atomic mass is 10.1. The standard InChI is InChI=1S/C15H13F4NO3S/c1-23-11-3-5-12(6-4-11)24(21,22)20-9-10-2-7-13(14(16)8-10)15(17,18)19/h2-8,20H,9H2,1H3. The average molecular weight is 363 g/mol. The van der Waals surface area contributed by atoms with Gasteiger partial charge in [-0.05, 0) is 42.0 Å². The molecule has 0 atom stereocenters. The summed E-state index contributed by atoms with van der Waals surface area (Å²) in [5.41, 5.74) is -1.33. The van der Waals surface area contributed by atoms with Crippen LogP contribution in [0.15, 0.2) is 47.4 Å². The molecule has 0 amide bonds. The summed E-state index contributed by atoms with van der Waals surface area (Å²) in [6.07, 6.45) is -4.80. The van der Waals surface area contributed by atoms with Gasteiger partial charge in [-0.3, -0.25) is 0 Å². The predicted molar refractivity (Wildman–Crippen MR) is 78.4 cm³/mol. The first-order valence-corrected chi connectivity index (χ1v) is 8.11. The molecule has 0 fully saturated rings. The number of nitrogens with one attached hydrogen (secondary N) is 1. The van der Waals surface area contributed by atoms with Crippen molar-refractivity contribution < 1.29 is 30.7 Å². The summed E-state index contributed by atoms with van der Waals surface area (Å²) in [7, 11) is -2.45. The van der Waals surface area contributed by atoms with Gasteiger partial charge in [-0.2, -0.15) is 13.2 Å². The zero-order valence-electron chi connectivity index (χ0n) is 12.4. The fraction of sp³-hybridized carbons (Fsp3) is 0.200. The highest BCUT2D eigenvalue weighted by molar-refractivity contribution is 7.89. The maximum atomic E-state index is 13.5. The van der Waals surface area contributed by atoms with Crippen molar-refractivity contribution in [3.8, 4) is 5.75 Å². The molecule has 2 rings (SSSR count). The van der Waals surface area contributed by atoms with Crippen LogP contribution in [0, 0.1) is 5.82 Å². The molecule has 0 aromatic heterocycles. The molecule has 0 bridgehead atoms. The van der Waals surface area contributed by atoms with E-state index in [2.05, 4.69) is 4.72 Å². The lowest BCUT2D eigenvalue weighted by Crippen LogP contribution is -2.23. The van der Waals surface area contributed by atoms with E-state index in [0.29, 0.717) is 17.9 Å². The zero-order chi connectivity index (χ0) is 18.0. The van der Waals surface area contributed by atoms with Gasteiger partial charge in [0.05, 0.1) is 17.6 Å². The van der Waals surface area contributed by atoms with Crippen LogP contribution in [-0.4, -0.2) is 15.5 Å². The average Bonchev–Trinajstić information content (AvgIpc) is 2.52. The molecular formula is C15H13F4NO3S. The minimum Gasteiger partial charge on any atom is -0.497 e. The van der Waals surface area contributed by atoms with E-state index in [4.69, 9.17) is 4.74 Å². The number of ether oxygens (including phenoxy) is 1. The van der Waals surface area contributed by atoms with E-state index in [-0.39, 0.29) is 17.0 Å². The van der Waals surface area contributed by atoms with Crippen molar-refractivity contribution >= 4 is 10.0 Å². The van der Waals surface area contributed by atoms with Crippen molar-refractivity contribution in [1.82, 2.24) is 4.72 Å². The maximum absolute atomic E-state index is 13.5. The molecule has 130 valence electrons. The molecule has 2 aromatic rings. The molecule has 0 saturated carbocycles. The first kappa shape index (κ1) is 18.2. The van der Waals surface area contributed by atoms with Gasteiger partial charge >= 0.3 is 6.18 Å². The minimum atomic E-state index is -4.80. The van der Waals surface area contributed by atoms with Crippen molar-refractivity contribution in [1.29, 1.82) is 0 Å². The van der Waals surface area contributed by atoms with Gasteiger partial charge in [-0.1, -0.05) is 6.07 Å². The van der Waals surface area contributed by atoms with E-state index in [1.165, 1.54) is 31.4 Å². The summed E-state index contributed by atoms with van der Waals surface area (Å²) in [6, 6.07) is 7.77. The van der Waals surface area contributed by atoms with E-state index >= 15 is 0 Å². The highest BCUT2D eigenvalue weighted by atomic mass is 32.2. The topological polar surface area (TPSA) is 55.4 Å². The Kier molecular flexibility index (Phi) is 5.14. The van der Waals surface area contributed by atoms with Crippen LogP contribution in [0.5, 0.6) is 5.75 Å². The van der Waals surface area contributed by atoms with Gasteiger partial charge in [-0.25, -0.2) is 17.5 Å². The summed E-state index contributed by atoms with van der Waals surface area (Å²) in [6.45, 7) is -0.344. The third-order valence-electron chi connectivity index (χ3n) is 3.17. The third kappa shape index (κ3) is 4.24. The van der Waals surface area contributed by atoms with Gasteiger partial charge in [0.25, 0.3) is 0 Å². The van der Waals surface area contributed by atoms with Gasteiger partial charge in [0, 0.05) is 6.54 Å². The number of alkyl halides is 3. The Labute approximate surface area is 136 Å². The second-order valence-corrected chi connectivity index (χ2v) is 6.58. The van der Waals surface area contributed by atoms with Crippen LogP contribution in [0.2, 0.25) is 0 Å². The van der Waals surface area contributed by atoms with E-state index in [0.717, 1.165) is 6.07 Å². The van der Waals surface area contributed by atoms with Gasteiger partial charge < -0.3 is 4.74 Å². The van der Waals surface area contributed by atoms with E-state index in [1.54, 1.807) is 0 Å². The van der Waals surface area contributed by atoms with Gasteiger partial charge in [-0.15, -0.1) is 0 Å². The fourth-order valence-corrected chi connectivity index (χ4v) is 2.93. The Bertz CT molecular complexity index is 818. The number of halogens is 4. The second kappa shape index (κ2) is 6.78. The number of hydrogen-bond acceptors (Lipinski definition) is 3. The number of methoxy groups -OCH3 is 1. The van der Waals surface area contributed by atoms with Gasteiger partial charge in [0.2, 0.25) is 10.0 Å². The number of sulfonamides is 1. The first-order chi connectivity index (χ1) is 11.1. The maximum Gasteiger partial charge on any atom is 0.419 e. The number of benzene rings is 2. The Hall–Kier alpha value is -2.13. The molecule has 0 unspecified atom stereocenters. The summed E-state index contributed by atoms with van der Waals surface area (Å²) >= 11 is 0. The molecule has 9 heteroatoms. The molecule has 0 aliphatic rings. The fourth-order valence-electron chi connectivity index (χ4n) is 1.92. The van der Waals surface area contributed by atoms with Crippen LogP contribution in [0.1, 0.15) is 11.1 Å². The summed E-state index contributed by atoms with van der Waals surface area (Å²) in [4.78, 5) is -0.0457. The van der Waals surface area contributed by atoms with Crippen molar-refractivity contribution in [2.75, 3.05) is 7.11 Å². The Morgan fingerprint density at radius 1 is 1.08 bits per heavy atom. The molecule has 1 N–H and O–H groups in total. The SMILES string of the molecule is COc1ccc(S(=O)(=O)NCc2ccc(C(F)(F)F)c(F)c2)cc1. The highest BCUT2D eigenvalue weighted by Crippen LogP contribution is 2.31. The van der Waals surface area contributed by atoms with Crippen LogP contribution in [0.3, 0.4) is 0 Å². The number of rotatable bonds is 5.